The van der Waals surface area contributed by atoms with Gasteiger partial charge in [-0.1, -0.05) is 17.7 Å². The minimum absolute atomic E-state index is 0.0283. The van der Waals surface area contributed by atoms with Crippen LogP contribution in [0, 0.1) is 5.92 Å². The Morgan fingerprint density at radius 3 is 2.87 bits per heavy atom. The van der Waals surface area contributed by atoms with Crippen LogP contribution in [0.25, 0.3) is 0 Å². The number of carbonyl (C=O) groups is 2. The lowest BCUT2D eigenvalue weighted by molar-refractivity contribution is -0.140. The second kappa shape index (κ2) is 6.89. The third kappa shape index (κ3) is 3.35. The van der Waals surface area contributed by atoms with Gasteiger partial charge in [-0.3, -0.25) is 9.59 Å². The number of amides is 2. The van der Waals surface area contributed by atoms with Crippen LogP contribution in [0.1, 0.15) is 19.3 Å². The van der Waals surface area contributed by atoms with Gasteiger partial charge >= 0.3 is 0 Å². The fourth-order valence-corrected chi connectivity index (χ4v) is 3.63. The molecular weight excluding hydrogens is 314 g/mol. The van der Waals surface area contributed by atoms with Crippen molar-refractivity contribution in [1.29, 1.82) is 0 Å². The molecule has 1 aromatic rings. The van der Waals surface area contributed by atoms with Crippen LogP contribution in [-0.4, -0.2) is 49.4 Å². The molecule has 0 bridgehead atoms. The molecule has 0 radical (unpaired) electrons. The highest BCUT2D eigenvalue weighted by molar-refractivity contribution is 6.31. The number of benzene rings is 1. The number of piperidine rings is 1. The Balaban J connectivity index is 1.70. The van der Waals surface area contributed by atoms with Crippen molar-refractivity contribution < 1.29 is 9.59 Å². The SMILES string of the molecule is CNC1CCCN(C(=O)C2CCN(c3cccc(Cl)c3)C2=O)C1. The van der Waals surface area contributed by atoms with Crippen molar-refractivity contribution in [3.63, 3.8) is 0 Å². The van der Waals surface area contributed by atoms with Crippen molar-refractivity contribution >= 4 is 29.1 Å². The summed E-state index contributed by atoms with van der Waals surface area (Å²) in [6.07, 6.45) is 2.63. The molecule has 0 aromatic heterocycles. The maximum atomic E-state index is 12.7. The number of anilines is 1. The maximum Gasteiger partial charge on any atom is 0.239 e. The fraction of sp³-hybridized carbons (Fsp3) is 0.529. The highest BCUT2D eigenvalue weighted by Crippen LogP contribution is 2.29. The van der Waals surface area contributed by atoms with E-state index in [0.717, 1.165) is 25.1 Å². The minimum Gasteiger partial charge on any atom is -0.340 e. The lowest BCUT2D eigenvalue weighted by Gasteiger charge is -2.33. The van der Waals surface area contributed by atoms with Gasteiger partial charge in [0.15, 0.2) is 0 Å². The number of halogens is 1. The molecule has 2 fully saturated rings. The summed E-state index contributed by atoms with van der Waals surface area (Å²) < 4.78 is 0. The predicted molar refractivity (Wildman–Crippen MR) is 90.6 cm³/mol. The van der Waals surface area contributed by atoms with E-state index in [-0.39, 0.29) is 11.8 Å². The molecular formula is C17H22ClN3O2. The molecule has 6 heteroatoms. The summed E-state index contributed by atoms with van der Waals surface area (Å²) in [5.41, 5.74) is 0.768. The summed E-state index contributed by atoms with van der Waals surface area (Å²) in [5.74, 6) is -0.687. The van der Waals surface area contributed by atoms with Crippen molar-refractivity contribution in [2.75, 3.05) is 31.6 Å². The topological polar surface area (TPSA) is 52.7 Å². The van der Waals surface area contributed by atoms with Gasteiger partial charge in [-0.25, -0.2) is 0 Å². The summed E-state index contributed by atoms with van der Waals surface area (Å²) in [6.45, 7) is 2.01. The quantitative estimate of drug-likeness (QED) is 0.858. The molecule has 1 N–H and O–H groups in total. The van der Waals surface area contributed by atoms with Crippen LogP contribution in [0.2, 0.25) is 5.02 Å². The highest BCUT2D eigenvalue weighted by atomic mass is 35.5. The molecule has 2 saturated heterocycles. The lowest BCUT2D eigenvalue weighted by Crippen LogP contribution is -2.49. The van der Waals surface area contributed by atoms with Crippen molar-refractivity contribution in [2.24, 2.45) is 5.92 Å². The van der Waals surface area contributed by atoms with E-state index in [1.165, 1.54) is 0 Å². The monoisotopic (exact) mass is 335 g/mol. The van der Waals surface area contributed by atoms with Crippen LogP contribution >= 0.6 is 11.6 Å². The van der Waals surface area contributed by atoms with Gasteiger partial charge < -0.3 is 15.1 Å². The van der Waals surface area contributed by atoms with Crippen LogP contribution in [0.5, 0.6) is 0 Å². The zero-order chi connectivity index (χ0) is 16.4. The van der Waals surface area contributed by atoms with Crippen LogP contribution in [-0.2, 0) is 9.59 Å². The van der Waals surface area contributed by atoms with Gasteiger partial charge in [-0.2, -0.15) is 0 Å². The summed E-state index contributed by atoms with van der Waals surface area (Å²) >= 11 is 6.00. The standard InChI is InChI=1S/C17H22ClN3O2/c1-19-13-5-3-8-20(11-13)16(22)15-7-9-21(17(15)23)14-6-2-4-12(18)10-14/h2,4,6,10,13,15,19H,3,5,7-9,11H2,1H3. The van der Waals surface area contributed by atoms with Gasteiger partial charge in [0.05, 0.1) is 0 Å². The maximum absolute atomic E-state index is 12.7. The van der Waals surface area contributed by atoms with Crippen molar-refractivity contribution in [2.45, 2.75) is 25.3 Å². The third-order valence-electron chi connectivity index (χ3n) is 4.76. The van der Waals surface area contributed by atoms with Crippen LogP contribution in [0.15, 0.2) is 24.3 Å². The van der Waals surface area contributed by atoms with Crippen molar-refractivity contribution in [1.82, 2.24) is 10.2 Å². The van der Waals surface area contributed by atoms with Crippen molar-refractivity contribution in [3.05, 3.63) is 29.3 Å². The lowest BCUT2D eigenvalue weighted by atomic mass is 10.0. The van der Waals surface area contributed by atoms with E-state index in [9.17, 15) is 9.59 Å². The normalized spacial score (nSPS) is 25.0. The van der Waals surface area contributed by atoms with E-state index < -0.39 is 5.92 Å². The molecule has 2 unspecified atom stereocenters. The Morgan fingerprint density at radius 2 is 2.13 bits per heavy atom. The number of nitrogens with one attached hydrogen (secondary N) is 1. The molecule has 2 atom stereocenters. The van der Waals surface area contributed by atoms with E-state index in [4.69, 9.17) is 11.6 Å². The Morgan fingerprint density at radius 1 is 1.30 bits per heavy atom. The van der Waals surface area contributed by atoms with Gasteiger partial charge in [-0.15, -0.1) is 0 Å². The van der Waals surface area contributed by atoms with Gasteiger partial charge in [0.25, 0.3) is 0 Å². The summed E-state index contributed by atoms with van der Waals surface area (Å²) in [5, 5.41) is 3.82. The van der Waals surface area contributed by atoms with E-state index in [1.807, 2.05) is 24.1 Å². The zero-order valence-corrected chi connectivity index (χ0v) is 14.1. The minimum atomic E-state index is -0.551. The summed E-state index contributed by atoms with van der Waals surface area (Å²) in [4.78, 5) is 28.9. The van der Waals surface area contributed by atoms with E-state index in [1.54, 1.807) is 17.0 Å². The molecule has 1 aromatic carbocycles. The van der Waals surface area contributed by atoms with Crippen LogP contribution in [0.4, 0.5) is 5.69 Å². The predicted octanol–water partition coefficient (Wildman–Crippen LogP) is 1.90. The van der Waals surface area contributed by atoms with Gasteiger partial charge in [0.2, 0.25) is 11.8 Å². The average molecular weight is 336 g/mol. The molecule has 124 valence electrons. The number of hydrogen-bond donors (Lipinski definition) is 1. The second-order valence-electron chi connectivity index (χ2n) is 6.22. The number of likely N-dealkylation sites (tertiary alicyclic amines) is 1. The van der Waals surface area contributed by atoms with Gasteiger partial charge in [0.1, 0.15) is 5.92 Å². The first-order valence-electron chi connectivity index (χ1n) is 8.13. The molecule has 2 amide bonds. The Labute approximate surface area is 141 Å². The Bertz CT molecular complexity index is 607. The van der Waals surface area contributed by atoms with Gasteiger partial charge in [0, 0.05) is 36.4 Å². The number of nitrogens with zero attached hydrogens (tertiary/aromatic N) is 2. The fourth-order valence-electron chi connectivity index (χ4n) is 3.44. The van der Waals surface area contributed by atoms with Crippen LogP contribution in [0.3, 0.4) is 0 Å². The number of hydrogen-bond acceptors (Lipinski definition) is 3. The third-order valence-corrected chi connectivity index (χ3v) is 5.00. The molecule has 2 heterocycles. The first-order valence-corrected chi connectivity index (χ1v) is 8.51. The van der Waals surface area contributed by atoms with E-state index >= 15 is 0 Å². The molecule has 5 nitrogen and oxygen atoms in total. The van der Waals surface area contributed by atoms with Crippen LogP contribution < -0.4 is 10.2 Å². The zero-order valence-electron chi connectivity index (χ0n) is 13.3. The molecule has 2 aliphatic rings. The smallest absolute Gasteiger partial charge is 0.239 e. The molecule has 23 heavy (non-hydrogen) atoms. The molecule has 3 rings (SSSR count). The average Bonchev–Trinajstić information content (AvgIpc) is 2.96. The number of likely N-dealkylation sites (N-methyl/N-ethyl adjacent to an activating group) is 1. The summed E-state index contributed by atoms with van der Waals surface area (Å²) in [7, 11) is 1.92. The second-order valence-corrected chi connectivity index (χ2v) is 6.66. The number of carbonyl (C=O) groups excluding carboxylic acids is 2. The highest BCUT2D eigenvalue weighted by Gasteiger charge is 2.40. The first-order chi connectivity index (χ1) is 11.1. The Hall–Kier alpha value is -1.59. The molecule has 0 spiro atoms. The van der Waals surface area contributed by atoms with E-state index in [0.29, 0.717) is 30.6 Å². The molecule has 2 aliphatic heterocycles. The molecule has 0 aliphatic carbocycles. The van der Waals surface area contributed by atoms with E-state index in [2.05, 4.69) is 5.32 Å². The largest absolute Gasteiger partial charge is 0.340 e. The molecule has 0 saturated carbocycles. The first kappa shape index (κ1) is 16.3. The summed E-state index contributed by atoms with van der Waals surface area (Å²) in [6, 6.07) is 7.55. The Kier molecular flexibility index (Phi) is 4.87. The number of rotatable bonds is 3. The van der Waals surface area contributed by atoms with Crippen molar-refractivity contribution in [3.8, 4) is 0 Å². The van der Waals surface area contributed by atoms with Gasteiger partial charge in [-0.05, 0) is 44.5 Å².